The van der Waals surface area contributed by atoms with Gasteiger partial charge in [-0.1, -0.05) is 165 Å². The van der Waals surface area contributed by atoms with Crippen molar-refractivity contribution in [2.24, 2.45) is 5.92 Å². The quantitative estimate of drug-likeness (QED) is 0.140. The highest BCUT2D eigenvalue weighted by Gasteiger charge is 2.49. The molecular weight excluding hydrogens is 1040 g/mol. The minimum absolute atomic E-state index is 0.114. The van der Waals surface area contributed by atoms with Gasteiger partial charge in [0, 0.05) is 33.1 Å². The highest BCUT2D eigenvalue weighted by Crippen LogP contribution is 2.52. The van der Waals surface area contributed by atoms with Gasteiger partial charge >= 0.3 is 16.3 Å². The Morgan fingerprint density at radius 1 is 0.403 bits per heavy atom. The van der Waals surface area contributed by atoms with E-state index in [1.807, 2.05) is 125 Å². The summed E-state index contributed by atoms with van der Waals surface area (Å²) in [4.78, 5) is 0.243. The maximum atomic E-state index is 15.7. The Kier molecular flexibility index (Phi) is 12.3. The first-order chi connectivity index (χ1) is 37.3. The van der Waals surface area contributed by atoms with E-state index in [2.05, 4.69) is 48.5 Å². The summed E-state index contributed by atoms with van der Waals surface area (Å²) in [5, 5.41) is 11.2. The molecule has 1 aliphatic carbocycles. The number of nitrogens with zero attached hydrogens (tertiary/aromatic N) is 2. The lowest BCUT2D eigenvalue weighted by atomic mass is 9.76. The van der Waals surface area contributed by atoms with E-state index in [0.29, 0.717) is 48.0 Å². The third-order valence-electron chi connectivity index (χ3n) is 15.7. The Labute approximate surface area is 448 Å². The van der Waals surface area contributed by atoms with Crippen LogP contribution in [0.5, 0.6) is 0 Å². The van der Waals surface area contributed by atoms with Gasteiger partial charge in [-0.2, -0.15) is 0 Å². The van der Waals surface area contributed by atoms with Crippen LogP contribution in [-0.2, 0) is 20.0 Å². The second-order valence-corrected chi connectivity index (χ2v) is 27.4. The van der Waals surface area contributed by atoms with Crippen LogP contribution in [-0.4, -0.2) is 28.4 Å². The second kappa shape index (κ2) is 19.1. The van der Waals surface area contributed by atoms with Gasteiger partial charge in [-0.15, -0.1) is 0 Å². The molecule has 10 nitrogen and oxygen atoms in total. The van der Waals surface area contributed by atoms with Gasteiger partial charge in [-0.3, -0.25) is 0 Å². The summed E-state index contributed by atoms with van der Waals surface area (Å²) < 4.78 is 93.9. The molecule has 77 heavy (non-hydrogen) atoms. The van der Waals surface area contributed by atoms with Crippen molar-refractivity contribution in [3.05, 3.63) is 205 Å². The van der Waals surface area contributed by atoms with Crippen molar-refractivity contribution in [2.45, 2.75) is 74.7 Å². The van der Waals surface area contributed by atoms with Gasteiger partial charge in [0.05, 0.1) is 9.79 Å². The summed E-state index contributed by atoms with van der Waals surface area (Å²) >= 11 is 0. The lowest BCUT2D eigenvalue weighted by Gasteiger charge is -2.44. The summed E-state index contributed by atoms with van der Waals surface area (Å²) in [6.07, 6.45) is 1.66. The van der Waals surface area contributed by atoms with Crippen LogP contribution in [0, 0.1) is 19.8 Å². The summed E-state index contributed by atoms with van der Waals surface area (Å²) in [6.45, 7) is 7.77. The molecule has 12 aromatic rings. The first kappa shape index (κ1) is 49.4. The smallest absolute Gasteiger partial charge is 0.325 e. The maximum absolute atomic E-state index is 15.7. The molecule has 0 spiro atoms. The molecule has 13 rings (SSSR count). The molecule has 0 radical (unpaired) electrons. The Bertz CT molecular complexity index is 4450. The predicted molar refractivity (Wildman–Crippen MR) is 316 cm³/mol. The van der Waals surface area contributed by atoms with E-state index in [1.54, 1.807) is 48.5 Å². The molecule has 0 atom stereocenters. The Morgan fingerprint density at radius 2 is 0.727 bits per heavy atom. The Balaban J connectivity index is 0.973. The van der Waals surface area contributed by atoms with E-state index in [9.17, 15) is 0 Å². The van der Waals surface area contributed by atoms with Crippen LogP contribution >= 0.6 is 16.3 Å². The van der Waals surface area contributed by atoms with Crippen LogP contribution in [0.25, 0.3) is 87.0 Å². The number of sulfonamides is 2. The van der Waals surface area contributed by atoms with E-state index in [-0.39, 0.29) is 15.7 Å². The molecule has 1 fully saturated rings. The van der Waals surface area contributed by atoms with Crippen LogP contribution < -0.4 is 8.15 Å². The van der Waals surface area contributed by atoms with Gasteiger partial charge in [-0.25, -0.2) is 16.8 Å². The largest absolute Gasteiger partial charge is 0.407 e. The monoisotopic (exact) mass is 1090 g/mol. The summed E-state index contributed by atoms with van der Waals surface area (Å²) in [5.74, 6) is -0.295. The molecule has 0 N–H and O–H groups in total. The van der Waals surface area contributed by atoms with Crippen molar-refractivity contribution in [3.63, 3.8) is 0 Å². The molecule has 0 unspecified atom stereocenters. The van der Waals surface area contributed by atoms with Crippen LogP contribution in [0.4, 0.5) is 0 Å². The molecule has 14 heteroatoms. The molecule has 2 aromatic heterocycles. The van der Waals surface area contributed by atoms with Gasteiger partial charge in [-0.05, 0) is 151 Å². The van der Waals surface area contributed by atoms with E-state index in [4.69, 9.17) is 16.8 Å². The Morgan fingerprint density at radius 3 is 1.09 bits per heavy atom. The number of fused-ring (bicyclic) bond motifs is 14. The van der Waals surface area contributed by atoms with Crippen LogP contribution in [0.2, 0.25) is 0 Å². The maximum Gasteiger partial charge on any atom is 0.325 e. The van der Waals surface area contributed by atoms with Crippen molar-refractivity contribution in [3.8, 4) is 0 Å². The topological polar surface area (TPSA) is 127 Å². The molecule has 0 aliphatic heterocycles. The van der Waals surface area contributed by atoms with E-state index in [0.717, 1.165) is 75.8 Å². The lowest BCUT2D eigenvalue weighted by Crippen LogP contribution is -2.53. The number of hydrogen-bond acceptors (Lipinski definition) is 8. The summed E-state index contributed by atoms with van der Waals surface area (Å²) in [5.41, 5.74) is 2.77. The first-order valence-corrected chi connectivity index (χ1v) is 31.0. The molecule has 0 bridgehead atoms. The zero-order valence-corrected chi connectivity index (χ0v) is 46.3. The third-order valence-corrected chi connectivity index (χ3v) is 24.1. The summed E-state index contributed by atoms with van der Waals surface area (Å²) in [7, 11) is -13.5. The van der Waals surface area contributed by atoms with Gasteiger partial charge in [0.15, 0.2) is 0 Å². The van der Waals surface area contributed by atoms with Gasteiger partial charge in [0.1, 0.15) is 22.3 Å². The fourth-order valence-corrected chi connectivity index (χ4v) is 19.5. The highest BCUT2D eigenvalue weighted by atomic mass is 32.2. The van der Waals surface area contributed by atoms with E-state index in [1.165, 1.54) is 8.15 Å². The average Bonchev–Trinajstić information content (AvgIpc) is 3.77. The molecule has 386 valence electrons. The van der Waals surface area contributed by atoms with Crippen molar-refractivity contribution in [2.75, 3.05) is 8.15 Å². The van der Waals surface area contributed by atoms with E-state index < -0.39 is 48.0 Å². The minimum atomic E-state index is -4.36. The molecule has 0 amide bonds. The third kappa shape index (κ3) is 8.45. The van der Waals surface area contributed by atoms with Crippen molar-refractivity contribution >= 4 is 123 Å². The molecular formula is C63H54N2O8P2S2. The molecule has 1 aliphatic rings. The SMILES string of the molecule is Cc1ccc(S(=O)(=O)N(C2CCC(C(C)(C)N(p3oc4ccc5ccccc5c4c4c(ccc5ccccc54)o3)S(=O)(=O)c3ccc(C)cc3)CC2)p2oc3ccc4ccccc4c3c3c(ccc4ccccc43)o2)cc1. The molecule has 2 heterocycles. The van der Waals surface area contributed by atoms with Gasteiger partial charge < -0.3 is 16.8 Å². The fourth-order valence-electron chi connectivity index (χ4n) is 11.7. The molecule has 0 saturated heterocycles. The molecule has 1 saturated carbocycles. The number of rotatable bonds is 9. The van der Waals surface area contributed by atoms with E-state index >= 15 is 16.8 Å². The van der Waals surface area contributed by atoms with Crippen LogP contribution in [0.15, 0.2) is 221 Å². The lowest BCUT2D eigenvalue weighted by molar-refractivity contribution is 0.233. The second-order valence-electron chi connectivity index (χ2n) is 20.8. The van der Waals surface area contributed by atoms with Crippen molar-refractivity contribution in [1.29, 1.82) is 0 Å². The van der Waals surface area contributed by atoms with Crippen LogP contribution in [0.3, 0.4) is 0 Å². The highest BCUT2D eigenvalue weighted by molar-refractivity contribution is 7.98. The van der Waals surface area contributed by atoms with Crippen molar-refractivity contribution < 1.29 is 33.6 Å². The number of benzene rings is 10. The molecule has 10 aromatic carbocycles. The zero-order valence-electron chi connectivity index (χ0n) is 42.8. The van der Waals surface area contributed by atoms with Gasteiger partial charge in [0.25, 0.3) is 20.0 Å². The number of aryl methyl sites for hydroxylation is 2. The standard InChI is InChI=1S/C63H54N2O8P2S2/c1-41-21-33-49(34-22-41)76(66,67)64(74-70-55-37-25-43-13-5-9-17-51(43)59(55)60-52-18-10-6-14-44(52)26-38-56(60)71-74)48-31-29-47(30-32-48)63(3,4)65(77(68,69)50-35-23-42(2)24-36-50)75-72-57-39-27-45-15-7-11-19-53(45)61(57)62-54-20-12-8-16-46(54)28-40-58(62)73-75/h5-28,33-40,47-48H,29-32H2,1-4H3. The normalized spacial score (nSPS) is 15.8. The average molecular weight is 1090 g/mol. The van der Waals surface area contributed by atoms with Crippen LogP contribution in [0.1, 0.15) is 50.7 Å². The van der Waals surface area contributed by atoms with Gasteiger partial charge in [0.2, 0.25) is 0 Å². The zero-order chi connectivity index (χ0) is 52.8. The predicted octanol–water partition coefficient (Wildman–Crippen LogP) is 17.8. The number of hydrogen-bond donors (Lipinski definition) is 0. The minimum Gasteiger partial charge on any atom is -0.407 e. The van der Waals surface area contributed by atoms with Crippen molar-refractivity contribution in [1.82, 2.24) is 0 Å². The summed E-state index contributed by atoms with van der Waals surface area (Å²) in [6, 6.07) is 61.4. The first-order valence-electron chi connectivity index (χ1n) is 25.9. The Hall–Kier alpha value is -7.14. The fraction of sp³-hybridized carbons (Fsp3) is 0.175.